The van der Waals surface area contributed by atoms with Crippen LogP contribution in [0, 0.1) is 0 Å². The first-order chi connectivity index (χ1) is 8.66. The van der Waals surface area contributed by atoms with Crippen LogP contribution in [0.5, 0.6) is 0 Å². The second kappa shape index (κ2) is 12.8. The summed E-state index contributed by atoms with van der Waals surface area (Å²) in [4.78, 5) is 16.6. The Balaban J connectivity index is 3.12. The molecule has 0 aliphatic carbocycles. The van der Waals surface area contributed by atoms with Gasteiger partial charge in [0.2, 0.25) is 5.91 Å². The number of unbranched alkanes of at least 4 members (excludes halogenated alkanes) is 3. The Bertz CT molecular complexity index is 199. The van der Waals surface area contributed by atoms with Crippen LogP contribution >= 0.6 is 0 Å². The van der Waals surface area contributed by atoms with Crippen LogP contribution in [0.25, 0.3) is 0 Å². The normalized spacial score (nSPS) is 10.9. The van der Waals surface area contributed by atoms with Gasteiger partial charge < -0.3 is 10.1 Å². The third-order valence-electron chi connectivity index (χ3n) is 2.50. The molecule has 0 saturated carbocycles. The number of methoxy groups -OCH3 is 1. The Morgan fingerprint density at radius 1 is 1.06 bits per heavy atom. The van der Waals surface area contributed by atoms with Crippen molar-refractivity contribution >= 4 is 5.91 Å². The molecule has 0 heterocycles. The van der Waals surface area contributed by atoms with Crippen molar-refractivity contribution in [3.05, 3.63) is 0 Å². The first-order valence-corrected chi connectivity index (χ1v) is 6.72. The number of amides is 1. The van der Waals surface area contributed by atoms with Gasteiger partial charge in [-0.2, -0.15) is 5.06 Å². The summed E-state index contributed by atoms with van der Waals surface area (Å²) in [5.41, 5.74) is 0. The number of hydrogen-bond acceptors (Lipinski definition) is 4. The van der Waals surface area contributed by atoms with E-state index in [9.17, 15) is 4.79 Å². The maximum Gasteiger partial charge on any atom is 0.220 e. The van der Waals surface area contributed by atoms with Gasteiger partial charge in [0, 0.05) is 40.8 Å². The van der Waals surface area contributed by atoms with Crippen molar-refractivity contribution < 1.29 is 14.4 Å². The van der Waals surface area contributed by atoms with Gasteiger partial charge in [0.15, 0.2) is 0 Å². The summed E-state index contributed by atoms with van der Waals surface area (Å²) in [5, 5.41) is 4.64. The minimum Gasteiger partial charge on any atom is -0.385 e. The fraction of sp³-hybridized carbons (Fsp3) is 0.923. The van der Waals surface area contributed by atoms with Crippen molar-refractivity contribution in [1.82, 2.24) is 10.4 Å². The SMILES string of the molecule is COCCCC(=O)NCCCCCCON(C)C. The van der Waals surface area contributed by atoms with Crippen LogP contribution in [-0.2, 0) is 14.4 Å². The Kier molecular flexibility index (Phi) is 12.3. The molecular formula is C13H28N2O3. The first-order valence-electron chi connectivity index (χ1n) is 6.72. The molecule has 18 heavy (non-hydrogen) atoms. The van der Waals surface area contributed by atoms with E-state index in [1.54, 1.807) is 12.2 Å². The predicted octanol–water partition coefficient (Wildman–Crippen LogP) is 1.58. The fourth-order valence-electron chi connectivity index (χ4n) is 1.52. The van der Waals surface area contributed by atoms with Gasteiger partial charge in [-0.1, -0.05) is 12.8 Å². The number of hydrogen-bond donors (Lipinski definition) is 1. The van der Waals surface area contributed by atoms with Crippen LogP contribution in [0.1, 0.15) is 38.5 Å². The lowest BCUT2D eigenvalue weighted by Crippen LogP contribution is -2.24. The number of hydroxylamine groups is 2. The van der Waals surface area contributed by atoms with Crippen molar-refractivity contribution in [2.75, 3.05) is 41.0 Å². The molecule has 5 nitrogen and oxygen atoms in total. The lowest BCUT2D eigenvalue weighted by Gasteiger charge is -2.09. The lowest BCUT2D eigenvalue weighted by atomic mass is 10.2. The zero-order valence-electron chi connectivity index (χ0n) is 12.0. The zero-order chi connectivity index (χ0) is 13.6. The van der Waals surface area contributed by atoms with Gasteiger partial charge in [-0.15, -0.1) is 0 Å². The van der Waals surface area contributed by atoms with Gasteiger partial charge in [-0.3, -0.25) is 9.63 Å². The molecule has 0 bridgehead atoms. The van der Waals surface area contributed by atoms with Gasteiger partial charge in [-0.05, 0) is 19.3 Å². The molecule has 1 N–H and O–H groups in total. The first kappa shape index (κ1) is 17.4. The summed E-state index contributed by atoms with van der Waals surface area (Å²) < 4.78 is 4.89. The Morgan fingerprint density at radius 2 is 1.78 bits per heavy atom. The maximum absolute atomic E-state index is 11.3. The lowest BCUT2D eigenvalue weighted by molar-refractivity contribution is -0.121. The highest BCUT2D eigenvalue weighted by molar-refractivity contribution is 5.75. The number of carbonyl (C=O) groups is 1. The highest BCUT2D eigenvalue weighted by Crippen LogP contribution is 2.00. The molecule has 5 heteroatoms. The van der Waals surface area contributed by atoms with E-state index in [-0.39, 0.29) is 5.91 Å². The summed E-state index contributed by atoms with van der Waals surface area (Å²) in [6, 6.07) is 0. The summed E-state index contributed by atoms with van der Waals surface area (Å²) in [5.74, 6) is 0.128. The number of carbonyl (C=O) groups excluding carboxylic acids is 1. The van der Waals surface area contributed by atoms with E-state index in [0.717, 1.165) is 45.3 Å². The standard InChI is InChI=1S/C13H28N2O3/c1-15(2)18-12-7-5-4-6-10-14-13(16)9-8-11-17-3/h4-12H2,1-3H3,(H,14,16). The topological polar surface area (TPSA) is 50.8 Å². The molecule has 0 aliphatic heterocycles. The van der Waals surface area contributed by atoms with Crippen molar-refractivity contribution in [2.24, 2.45) is 0 Å². The van der Waals surface area contributed by atoms with Crippen molar-refractivity contribution in [3.63, 3.8) is 0 Å². The van der Waals surface area contributed by atoms with Gasteiger partial charge in [-0.25, -0.2) is 0 Å². The second-order valence-electron chi connectivity index (χ2n) is 4.51. The molecule has 0 atom stereocenters. The van der Waals surface area contributed by atoms with Crippen molar-refractivity contribution in [1.29, 1.82) is 0 Å². The predicted molar refractivity (Wildman–Crippen MR) is 72.2 cm³/mol. The van der Waals surface area contributed by atoms with Crippen molar-refractivity contribution in [2.45, 2.75) is 38.5 Å². The molecule has 0 aromatic heterocycles. The van der Waals surface area contributed by atoms with Crippen LogP contribution in [-0.4, -0.2) is 51.9 Å². The monoisotopic (exact) mass is 260 g/mol. The Morgan fingerprint density at radius 3 is 2.44 bits per heavy atom. The average molecular weight is 260 g/mol. The smallest absolute Gasteiger partial charge is 0.220 e. The van der Waals surface area contributed by atoms with Gasteiger partial charge in [0.1, 0.15) is 0 Å². The zero-order valence-corrected chi connectivity index (χ0v) is 12.0. The van der Waals surface area contributed by atoms with Crippen molar-refractivity contribution in [3.8, 4) is 0 Å². The average Bonchev–Trinajstić information content (AvgIpc) is 2.32. The molecule has 0 saturated heterocycles. The molecule has 0 fully saturated rings. The quantitative estimate of drug-likeness (QED) is 0.427. The van der Waals surface area contributed by atoms with Crippen LogP contribution in [0.2, 0.25) is 0 Å². The number of nitrogens with zero attached hydrogens (tertiary/aromatic N) is 1. The van der Waals surface area contributed by atoms with E-state index in [0.29, 0.717) is 13.0 Å². The second-order valence-corrected chi connectivity index (χ2v) is 4.51. The van der Waals surface area contributed by atoms with Gasteiger partial charge in [0.05, 0.1) is 6.61 Å². The molecule has 0 rings (SSSR count). The van der Waals surface area contributed by atoms with Gasteiger partial charge >= 0.3 is 0 Å². The molecule has 0 spiro atoms. The van der Waals surface area contributed by atoms with Crippen LogP contribution < -0.4 is 5.32 Å². The largest absolute Gasteiger partial charge is 0.385 e. The van der Waals surface area contributed by atoms with E-state index in [1.807, 2.05) is 14.1 Å². The van der Waals surface area contributed by atoms with E-state index in [2.05, 4.69) is 5.32 Å². The molecule has 108 valence electrons. The van der Waals surface area contributed by atoms with Crippen LogP contribution in [0.15, 0.2) is 0 Å². The Labute approximate surface area is 111 Å². The third-order valence-corrected chi connectivity index (χ3v) is 2.50. The summed E-state index contributed by atoms with van der Waals surface area (Å²) in [6.07, 6.45) is 5.75. The number of rotatable bonds is 12. The Hall–Kier alpha value is -0.650. The number of nitrogens with one attached hydrogen (secondary N) is 1. The highest BCUT2D eigenvalue weighted by Gasteiger charge is 1.99. The number of ether oxygens (including phenoxy) is 1. The molecule has 0 aromatic rings. The van der Waals surface area contributed by atoms with Gasteiger partial charge in [0.25, 0.3) is 0 Å². The molecular weight excluding hydrogens is 232 g/mol. The van der Waals surface area contributed by atoms with E-state index in [4.69, 9.17) is 9.57 Å². The van der Waals surface area contributed by atoms with E-state index >= 15 is 0 Å². The van der Waals surface area contributed by atoms with Crippen LogP contribution in [0.3, 0.4) is 0 Å². The van der Waals surface area contributed by atoms with E-state index < -0.39 is 0 Å². The minimum atomic E-state index is 0.128. The highest BCUT2D eigenvalue weighted by atomic mass is 16.7. The fourth-order valence-corrected chi connectivity index (χ4v) is 1.52. The molecule has 0 aromatic carbocycles. The molecule has 0 unspecified atom stereocenters. The summed E-state index contributed by atoms with van der Waals surface area (Å²) in [6.45, 7) is 2.20. The molecule has 0 aliphatic rings. The third kappa shape index (κ3) is 13.4. The maximum atomic E-state index is 11.3. The summed E-state index contributed by atoms with van der Waals surface area (Å²) >= 11 is 0. The molecule has 0 radical (unpaired) electrons. The van der Waals surface area contributed by atoms with Crippen LogP contribution in [0.4, 0.5) is 0 Å². The van der Waals surface area contributed by atoms with E-state index in [1.165, 1.54) is 0 Å². The minimum absolute atomic E-state index is 0.128. The molecule has 1 amide bonds. The summed E-state index contributed by atoms with van der Waals surface area (Å²) in [7, 11) is 5.43.